The minimum Gasteiger partial charge on any atom is -0.495 e. The normalized spacial score (nSPS) is 17.7. The number of carbonyl (C=O) groups excluding carboxylic acids is 2. The fourth-order valence-corrected chi connectivity index (χ4v) is 3.70. The molecule has 2 N–H and O–H groups in total. The quantitative estimate of drug-likeness (QED) is 0.793. The summed E-state index contributed by atoms with van der Waals surface area (Å²) in [6.07, 6.45) is 0.0348. The third-order valence-electron chi connectivity index (χ3n) is 3.85. The summed E-state index contributed by atoms with van der Waals surface area (Å²) in [6.45, 7) is 1.99. The molecule has 1 aliphatic rings. The van der Waals surface area contributed by atoms with E-state index in [9.17, 15) is 9.59 Å². The largest absolute Gasteiger partial charge is 0.495 e. The number of halogens is 1. The van der Waals surface area contributed by atoms with Crippen molar-refractivity contribution in [1.82, 2.24) is 5.32 Å². The Balaban J connectivity index is 1.60. The van der Waals surface area contributed by atoms with Crippen LogP contribution in [0.4, 0.5) is 11.4 Å². The van der Waals surface area contributed by atoms with E-state index in [2.05, 4.69) is 15.6 Å². The number of carbonyl (C=O) groups is 2. The van der Waals surface area contributed by atoms with Gasteiger partial charge in [-0.25, -0.2) is 4.99 Å². The van der Waals surface area contributed by atoms with Gasteiger partial charge in [-0.3, -0.25) is 9.59 Å². The van der Waals surface area contributed by atoms with E-state index in [1.54, 1.807) is 18.2 Å². The second-order valence-electron chi connectivity index (χ2n) is 5.95. The number of ether oxygens (including phenoxy) is 1. The van der Waals surface area contributed by atoms with Crippen LogP contribution in [0.5, 0.6) is 5.75 Å². The van der Waals surface area contributed by atoms with Crippen molar-refractivity contribution in [2.75, 3.05) is 12.4 Å². The lowest BCUT2D eigenvalue weighted by atomic mass is 10.2. The molecule has 0 unspecified atom stereocenters. The number of nitrogens with zero attached hydrogens (tertiary/aromatic N) is 1. The van der Waals surface area contributed by atoms with Crippen molar-refractivity contribution < 1.29 is 14.3 Å². The second-order valence-corrected chi connectivity index (χ2v) is 7.55. The number of hydrogen-bond donors (Lipinski definition) is 2. The number of methoxy groups -OCH3 is 1. The molecule has 2 amide bonds. The van der Waals surface area contributed by atoms with Crippen molar-refractivity contribution in [2.24, 2.45) is 4.99 Å². The van der Waals surface area contributed by atoms with E-state index in [0.717, 1.165) is 11.3 Å². The van der Waals surface area contributed by atoms with E-state index in [-0.39, 0.29) is 18.2 Å². The van der Waals surface area contributed by atoms with Gasteiger partial charge in [-0.1, -0.05) is 41.1 Å². The van der Waals surface area contributed by atoms with Gasteiger partial charge < -0.3 is 15.4 Å². The average molecular weight is 404 g/mol. The molecular formula is C19H18ClN3O3S. The summed E-state index contributed by atoms with van der Waals surface area (Å²) >= 11 is 7.30. The smallest absolute Gasteiger partial charge is 0.240 e. The van der Waals surface area contributed by atoms with Crippen molar-refractivity contribution in [1.29, 1.82) is 0 Å². The number of thioether (sulfide) groups is 1. The summed E-state index contributed by atoms with van der Waals surface area (Å²) in [7, 11) is 1.52. The van der Waals surface area contributed by atoms with Crippen molar-refractivity contribution >= 4 is 51.7 Å². The summed E-state index contributed by atoms with van der Waals surface area (Å²) in [4.78, 5) is 28.8. The number of benzene rings is 2. The standard InChI is InChI=1S/C19H18ClN3O3S/c1-11-3-5-12(6-4-11)22-19-23-18(25)16(27-19)10-17(24)21-13-7-8-15(26-2)14(20)9-13/h3-9,16H,10H2,1-2H3,(H,21,24)(H,22,23,25)/t16-/m1/s1. The number of amidine groups is 1. The predicted octanol–water partition coefficient (Wildman–Crippen LogP) is 3.90. The molecule has 0 spiro atoms. The van der Waals surface area contributed by atoms with Crippen LogP contribution >= 0.6 is 23.4 Å². The lowest BCUT2D eigenvalue weighted by molar-refractivity contribution is -0.122. The van der Waals surface area contributed by atoms with E-state index >= 15 is 0 Å². The van der Waals surface area contributed by atoms with Gasteiger partial charge in [0.2, 0.25) is 11.8 Å². The molecule has 2 aromatic rings. The van der Waals surface area contributed by atoms with Crippen LogP contribution in [0.3, 0.4) is 0 Å². The monoisotopic (exact) mass is 403 g/mol. The zero-order valence-electron chi connectivity index (χ0n) is 14.8. The highest BCUT2D eigenvalue weighted by atomic mass is 35.5. The summed E-state index contributed by atoms with van der Waals surface area (Å²) in [5, 5.41) is 5.83. The molecule has 6 nitrogen and oxygen atoms in total. The highest BCUT2D eigenvalue weighted by molar-refractivity contribution is 8.15. The topological polar surface area (TPSA) is 79.8 Å². The minimum atomic E-state index is -0.525. The van der Waals surface area contributed by atoms with Gasteiger partial charge in [0.15, 0.2) is 5.17 Å². The zero-order valence-corrected chi connectivity index (χ0v) is 16.4. The molecule has 1 atom stereocenters. The van der Waals surface area contributed by atoms with Crippen molar-refractivity contribution in [3.8, 4) is 5.75 Å². The first-order valence-corrected chi connectivity index (χ1v) is 9.46. The van der Waals surface area contributed by atoms with Crippen LogP contribution in [0.25, 0.3) is 0 Å². The third kappa shape index (κ3) is 5.02. The number of nitrogens with one attached hydrogen (secondary N) is 2. The zero-order chi connectivity index (χ0) is 19.4. The fraction of sp³-hybridized carbons (Fsp3) is 0.211. The van der Waals surface area contributed by atoms with E-state index in [4.69, 9.17) is 16.3 Å². The van der Waals surface area contributed by atoms with Gasteiger partial charge in [-0.15, -0.1) is 0 Å². The Kier molecular flexibility index (Phi) is 6.03. The maximum absolute atomic E-state index is 12.3. The molecule has 0 radical (unpaired) electrons. The van der Waals surface area contributed by atoms with Crippen molar-refractivity contribution in [3.05, 3.63) is 53.1 Å². The van der Waals surface area contributed by atoms with E-state index in [1.807, 2.05) is 31.2 Å². The molecule has 0 aromatic heterocycles. The van der Waals surface area contributed by atoms with Crippen molar-refractivity contribution in [3.63, 3.8) is 0 Å². The maximum Gasteiger partial charge on any atom is 0.240 e. The number of anilines is 1. The molecule has 1 aliphatic heterocycles. The Labute approximate surface area is 166 Å². The highest BCUT2D eigenvalue weighted by Gasteiger charge is 2.32. The van der Waals surface area contributed by atoms with Gasteiger partial charge in [0, 0.05) is 12.1 Å². The first-order chi connectivity index (χ1) is 12.9. The molecule has 27 heavy (non-hydrogen) atoms. The first-order valence-electron chi connectivity index (χ1n) is 8.21. The summed E-state index contributed by atoms with van der Waals surface area (Å²) in [5.74, 6) is 0.0200. The summed E-state index contributed by atoms with van der Waals surface area (Å²) in [6, 6.07) is 12.6. The highest BCUT2D eigenvalue weighted by Crippen LogP contribution is 2.28. The van der Waals surface area contributed by atoms with Gasteiger partial charge in [0.05, 0.1) is 17.8 Å². The van der Waals surface area contributed by atoms with Crippen LogP contribution in [-0.2, 0) is 9.59 Å². The number of hydrogen-bond acceptors (Lipinski definition) is 5. The van der Waals surface area contributed by atoms with Crippen LogP contribution in [0.2, 0.25) is 5.02 Å². The molecule has 0 bridgehead atoms. The van der Waals surface area contributed by atoms with Crippen LogP contribution in [0.15, 0.2) is 47.5 Å². The van der Waals surface area contributed by atoms with Crippen LogP contribution < -0.4 is 15.4 Å². The molecule has 8 heteroatoms. The Bertz CT molecular complexity index is 900. The van der Waals surface area contributed by atoms with E-state index in [1.165, 1.54) is 18.9 Å². The lowest BCUT2D eigenvalue weighted by Crippen LogP contribution is -2.28. The summed E-state index contributed by atoms with van der Waals surface area (Å²) in [5.41, 5.74) is 2.43. The van der Waals surface area contributed by atoms with Crippen LogP contribution in [-0.4, -0.2) is 29.3 Å². The van der Waals surface area contributed by atoms with E-state index < -0.39 is 5.25 Å². The SMILES string of the molecule is COc1ccc(NC(=O)C[C@H]2SC(=Nc3ccc(C)cc3)NC2=O)cc1Cl. The number of rotatable bonds is 5. The molecule has 1 saturated heterocycles. The number of aliphatic imine (C=N–C) groups is 1. The fourth-order valence-electron chi connectivity index (χ4n) is 2.45. The van der Waals surface area contributed by atoms with Gasteiger partial charge in [0.1, 0.15) is 11.0 Å². The summed E-state index contributed by atoms with van der Waals surface area (Å²) < 4.78 is 5.08. The molecule has 3 rings (SSSR count). The number of aryl methyl sites for hydroxylation is 1. The molecule has 1 heterocycles. The minimum absolute atomic E-state index is 0.0348. The molecule has 0 saturated carbocycles. The third-order valence-corrected chi connectivity index (χ3v) is 5.22. The van der Waals surface area contributed by atoms with Gasteiger partial charge >= 0.3 is 0 Å². The Morgan fingerprint density at radius 3 is 2.70 bits per heavy atom. The molecule has 1 fully saturated rings. The Morgan fingerprint density at radius 1 is 1.30 bits per heavy atom. The Hall–Kier alpha value is -2.51. The first kappa shape index (κ1) is 19.3. The molecule has 0 aliphatic carbocycles. The molecule has 2 aromatic carbocycles. The number of amides is 2. The van der Waals surface area contributed by atoms with Crippen molar-refractivity contribution in [2.45, 2.75) is 18.6 Å². The average Bonchev–Trinajstić information content (AvgIpc) is 2.96. The van der Waals surface area contributed by atoms with Gasteiger partial charge in [0.25, 0.3) is 0 Å². The van der Waals surface area contributed by atoms with Gasteiger partial charge in [-0.05, 0) is 37.3 Å². The van der Waals surface area contributed by atoms with Gasteiger partial charge in [-0.2, -0.15) is 0 Å². The van der Waals surface area contributed by atoms with Crippen LogP contribution in [0, 0.1) is 6.92 Å². The Morgan fingerprint density at radius 2 is 2.04 bits per heavy atom. The molecule has 140 valence electrons. The predicted molar refractivity (Wildman–Crippen MR) is 109 cm³/mol. The second kappa shape index (κ2) is 8.45. The lowest BCUT2D eigenvalue weighted by Gasteiger charge is -2.09. The molecular weight excluding hydrogens is 386 g/mol. The van der Waals surface area contributed by atoms with Crippen LogP contribution in [0.1, 0.15) is 12.0 Å². The van der Waals surface area contributed by atoms with E-state index in [0.29, 0.717) is 21.6 Å². The maximum atomic E-state index is 12.3.